The molecule has 1 fully saturated rings. The second kappa shape index (κ2) is 9.69. The van der Waals surface area contributed by atoms with Crippen molar-refractivity contribution in [3.8, 4) is 23.3 Å². The molecule has 2 aromatic carbocycles. The minimum atomic E-state index is -0.0675. The van der Waals surface area contributed by atoms with Gasteiger partial charge in [0.2, 0.25) is 0 Å². The molecule has 1 aliphatic rings. The molecule has 7 nitrogen and oxygen atoms in total. The van der Waals surface area contributed by atoms with Gasteiger partial charge < -0.3 is 24.0 Å². The van der Waals surface area contributed by atoms with Crippen LogP contribution < -0.4 is 19.1 Å². The van der Waals surface area contributed by atoms with Crippen molar-refractivity contribution in [1.29, 1.82) is 5.26 Å². The van der Waals surface area contributed by atoms with E-state index in [4.69, 9.17) is 19.5 Å². The molecule has 152 valence electrons. The van der Waals surface area contributed by atoms with E-state index in [0.29, 0.717) is 36.8 Å². The van der Waals surface area contributed by atoms with Crippen molar-refractivity contribution in [3.05, 3.63) is 48.0 Å². The maximum atomic E-state index is 12.6. The zero-order valence-electron chi connectivity index (χ0n) is 16.8. The molecule has 0 bridgehead atoms. The van der Waals surface area contributed by atoms with Crippen molar-refractivity contribution < 1.29 is 19.0 Å². The number of nitriles is 1. The summed E-state index contributed by atoms with van der Waals surface area (Å²) in [6, 6.07) is 14.9. The fraction of sp³-hybridized carbons (Fsp3) is 0.364. The van der Waals surface area contributed by atoms with Crippen molar-refractivity contribution in [3.63, 3.8) is 0 Å². The molecule has 0 N–H and O–H groups in total. The van der Waals surface area contributed by atoms with Crippen molar-refractivity contribution >= 4 is 11.6 Å². The molecular formula is C22H25N3O4. The van der Waals surface area contributed by atoms with Gasteiger partial charge >= 0.3 is 0 Å². The minimum Gasteiger partial charge on any atom is -0.497 e. The molecule has 0 saturated carbocycles. The van der Waals surface area contributed by atoms with Crippen molar-refractivity contribution in [2.24, 2.45) is 0 Å². The summed E-state index contributed by atoms with van der Waals surface area (Å²) in [4.78, 5) is 16.6. The van der Waals surface area contributed by atoms with E-state index in [1.165, 1.54) is 0 Å². The zero-order chi connectivity index (χ0) is 20.6. The van der Waals surface area contributed by atoms with Gasteiger partial charge in [-0.2, -0.15) is 5.26 Å². The molecule has 0 radical (unpaired) electrons. The Kier molecular flexibility index (Phi) is 6.80. The molecule has 1 saturated heterocycles. The Hall–Kier alpha value is -3.40. The first-order chi connectivity index (χ1) is 14.1. The number of methoxy groups -OCH3 is 1. The van der Waals surface area contributed by atoms with Crippen LogP contribution in [0.15, 0.2) is 42.5 Å². The lowest BCUT2D eigenvalue weighted by Crippen LogP contribution is -2.50. The lowest BCUT2D eigenvalue weighted by atomic mass is 10.2. The Bertz CT molecular complexity index is 886. The van der Waals surface area contributed by atoms with Crippen LogP contribution in [0.5, 0.6) is 17.2 Å². The average molecular weight is 395 g/mol. The summed E-state index contributed by atoms with van der Waals surface area (Å²) in [6.07, 6.45) is 0. The van der Waals surface area contributed by atoms with Crippen molar-refractivity contribution in [1.82, 2.24) is 4.90 Å². The van der Waals surface area contributed by atoms with Crippen LogP contribution in [0.25, 0.3) is 0 Å². The molecule has 7 heteroatoms. The monoisotopic (exact) mass is 395 g/mol. The number of piperazine rings is 1. The highest BCUT2D eigenvalue weighted by Gasteiger charge is 2.22. The van der Waals surface area contributed by atoms with E-state index in [-0.39, 0.29) is 12.5 Å². The van der Waals surface area contributed by atoms with Gasteiger partial charge in [0.25, 0.3) is 5.91 Å². The Balaban J connectivity index is 1.54. The first-order valence-corrected chi connectivity index (χ1v) is 9.61. The largest absolute Gasteiger partial charge is 0.497 e. The molecule has 0 aromatic heterocycles. The lowest BCUT2D eigenvalue weighted by Gasteiger charge is -2.36. The Morgan fingerprint density at radius 3 is 2.55 bits per heavy atom. The fourth-order valence-electron chi connectivity index (χ4n) is 3.22. The van der Waals surface area contributed by atoms with E-state index in [1.807, 2.05) is 31.2 Å². The summed E-state index contributed by atoms with van der Waals surface area (Å²) in [7, 11) is 1.65. The van der Waals surface area contributed by atoms with Gasteiger partial charge in [0.15, 0.2) is 18.1 Å². The van der Waals surface area contributed by atoms with Gasteiger partial charge in [-0.05, 0) is 31.2 Å². The van der Waals surface area contributed by atoms with Gasteiger partial charge in [0.05, 0.1) is 25.3 Å². The molecular weight excluding hydrogens is 370 g/mol. The maximum Gasteiger partial charge on any atom is 0.260 e. The number of hydrogen-bond acceptors (Lipinski definition) is 6. The normalized spacial score (nSPS) is 13.6. The molecule has 3 rings (SSSR count). The van der Waals surface area contributed by atoms with E-state index in [2.05, 4.69) is 11.0 Å². The predicted octanol–water partition coefficient (Wildman–Crippen LogP) is 2.69. The second-order valence-corrected chi connectivity index (χ2v) is 6.56. The molecule has 2 aromatic rings. The maximum absolute atomic E-state index is 12.6. The molecule has 1 amide bonds. The summed E-state index contributed by atoms with van der Waals surface area (Å²) >= 11 is 0. The van der Waals surface area contributed by atoms with Crippen LogP contribution >= 0.6 is 0 Å². The van der Waals surface area contributed by atoms with Crippen LogP contribution in [0.1, 0.15) is 12.5 Å². The molecule has 29 heavy (non-hydrogen) atoms. The number of carbonyl (C=O) groups excluding carboxylic acids is 1. The summed E-state index contributed by atoms with van der Waals surface area (Å²) in [5.41, 5.74) is 1.58. The number of nitrogens with zero attached hydrogens (tertiary/aromatic N) is 3. The Morgan fingerprint density at radius 1 is 1.07 bits per heavy atom. The average Bonchev–Trinajstić information content (AvgIpc) is 2.78. The van der Waals surface area contributed by atoms with Crippen LogP contribution in [0, 0.1) is 11.3 Å². The molecule has 1 heterocycles. The number of ether oxygens (including phenoxy) is 3. The first kappa shape index (κ1) is 20.3. The number of anilines is 1. The zero-order valence-corrected chi connectivity index (χ0v) is 16.8. The molecule has 0 unspecified atom stereocenters. The molecule has 0 atom stereocenters. The SMILES string of the molecule is CCOc1cc(C#N)ccc1OCC(=O)N1CCN(c2cccc(OC)c2)CC1. The van der Waals surface area contributed by atoms with Crippen LogP contribution in [0.2, 0.25) is 0 Å². The molecule has 0 aliphatic carbocycles. The topological polar surface area (TPSA) is 75.0 Å². The highest BCUT2D eigenvalue weighted by atomic mass is 16.5. The van der Waals surface area contributed by atoms with Crippen molar-refractivity contribution in [2.75, 3.05) is 51.4 Å². The third kappa shape index (κ3) is 5.11. The number of benzene rings is 2. The van der Waals surface area contributed by atoms with Gasteiger partial charge in [-0.15, -0.1) is 0 Å². The highest BCUT2D eigenvalue weighted by molar-refractivity contribution is 5.78. The van der Waals surface area contributed by atoms with Gasteiger partial charge in [0.1, 0.15) is 5.75 Å². The number of hydrogen-bond donors (Lipinski definition) is 0. The van der Waals surface area contributed by atoms with E-state index in [9.17, 15) is 4.79 Å². The van der Waals surface area contributed by atoms with Gasteiger partial charge in [0, 0.05) is 44.0 Å². The predicted molar refractivity (Wildman–Crippen MR) is 110 cm³/mol. The Morgan fingerprint density at radius 2 is 1.86 bits per heavy atom. The summed E-state index contributed by atoms with van der Waals surface area (Å²) < 4.78 is 16.5. The van der Waals surface area contributed by atoms with Crippen LogP contribution in [0.4, 0.5) is 5.69 Å². The summed E-state index contributed by atoms with van der Waals surface area (Å²) in [5, 5.41) is 9.02. The minimum absolute atomic E-state index is 0.0644. The summed E-state index contributed by atoms with van der Waals surface area (Å²) in [6.45, 7) is 5.00. The van der Waals surface area contributed by atoms with Crippen LogP contribution in [-0.2, 0) is 4.79 Å². The third-order valence-electron chi connectivity index (χ3n) is 4.77. The fourth-order valence-corrected chi connectivity index (χ4v) is 3.22. The van der Waals surface area contributed by atoms with Gasteiger partial charge in [-0.25, -0.2) is 0 Å². The van der Waals surface area contributed by atoms with Crippen LogP contribution in [-0.4, -0.2) is 57.3 Å². The van der Waals surface area contributed by atoms with E-state index < -0.39 is 0 Å². The van der Waals surface area contributed by atoms with Crippen molar-refractivity contribution in [2.45, 2.75) is 6.92 Å². The lowest BCUT2D eigenvalue weighted by molar-refractivity contribution is -0.133. The van der Waals surface area contributed by atoms with E-state index in [1.54, 1.807) is 30.2 Å². The Labute approximate surface area is 171 Å². The smallest absolute Gasteiger partial charge is 0.260 e. The molecule has 1 aliphatic heterocycles. The van der Waals surface area contributed by atoms with Gasteiger partial charge in [-0.3, -0.25) is 4.79 Å². The van der Waals surface area contributed by atoms with E-state index in [0.717, 1.165) is 24.5 Å². The third-order valence-corrected chi connectivity index (χ3v) is 4.77. The first-order valence-electron chi connectivity index (χ1n) is 9.61. The second-order valence-electron chi connectivity index (χ2n) is 6.56. The van der Waals surface area contributed by atoms with E-state index >= 15 is 0 Å². The number of amides is 1. The quantitative estimate of drug-likeness (QED) is 0.718. The highest BCUT2D eigenvalue weighted by Crippen LogP contribution is 2.28. The number of carbonyl (C=O) groups is 1. The molecule has 0 spiro atoms. The van der Waals surface area contributed by atoms with Crippen LogP contribution in [0.3, 0.4) is 0 Å². The standard InChI is InChI=1S/C22H25N3O4/c1-3-28-21-13-17(15-23)7-8-20(21)29-16-22(26)25-11-9-24(10-12-25)18-5-4-6-19(14-18)27-2/h4-8,13-14H,3,9-12,16H2,1-2H3. The number of rotatable bonds is 7. The van der Waals surface area contributed by atoms with Gasteiger partial charge in [-0.1, -0.05) is 6.07 Å². The summed E-state index contributed by atoms with van der Waals surface area (Å²) in [5.74, 6) is 1.69.